The molecule has 2 aromatic rings. The van der Waals surface area contributed by atoms with E-state index in [-0.39, 0.29) is 5.60 Å². The summed E-state index contributed by atoms with van der Waals surface area (Å²) < 4.78 is 8.12. The van der Waals surface area contributed by atoms with Gasteiger partial charge in [-0.15, -0.1) is 0 Å². The Kier molecular flexibility index (Phi) is 3.87. The Labute approximate surface area is 136 Å². The van der Waals surface area contributed by atoms with Crippen LogP contribution in [0.25, 0.3) is 0 Å². The molecule has 2 fully saturated rings. The van der Waals surface area contributed by atoms with Gasteiger partial charge in [0.2, 0.25) is 0 Å². The molecule has 4 rings (SSSR count). The summed E-state index contributed by atoms with van der Waals surface area (Å²) in [5, 5.41) is 4.25. The number of nitrogens with zero attached hydrogens (tertiary/aromatic N) is 5. The van der Waals surface area contributed by atoms with Crippen LogP contribution in [0.5, 0.6) is 0 Å². The van der Waals surface area contributed by atoms with E-state index in [1.54, 1.807) is 6.33 Å². The van der Waals surface area contributed by atoms with E-state index in [0.717, 1.165) is 45.5 Å². The van der Waals surface area contributed by atoms with Gasteiger partial charge in [0, 0.05) is 56.8 Å². The lowest BCUT2D eigenvalue weighted by Crippen LogP contribution is -2.43. The molecule has 0 aliphatic carbocycles. The molecule has 0 N–H and O–H groups in total. The Balaban J connectivity index is 1.34. The zero-order chi connectivity index (χ0) is 15.7. The van der Waals surface area contributed by atoms with E-state index in [2.05, 4.69) is 26.2 Å². The van der Waals surface area contributed by atoms with Gasteiger partial charge in [-0.25, -0.2) is 9.97 Å². The van der Waals surface area contributed by atoms with Gasteiger partial charge in [-0.1, -0.05) is 0 Å². The molecular formula is C17H23N5O. The lowest BCUT2D eigenvalue weighted by atomic mass is 9.83. The third kappa shape index (κ3) is 3.14. The predicted molar refractivity (Wildman–Crippen MR) is 85.8 cm³/mol. The largest absolute Gasteiger partial charge is 0.374 e. The molecule has 1 atom stereocenters. The number of hydrogen-bond donors (Lipinski definition) is 0. The number of ether oxygens (including phenoxy) is 1. The van der Waals surface area contributed by atoms with Crippen LogP contribution in [0.2, 0.25) is 0 Å². The molecule has 23 heavy (non-hydrogen) atoms. The monoisotopic (exact) mass is 313 g/mol. The van der Waals surface area contributed by atoms with Crippen LogP contribution in [-0.4, -0.2) is 49.9 Å². The third-order valence-corrected chi connectivity index (χ3v) is 5.19. The zero-order valence-corrected chi connectivity index (χ0v) is 13.6. The Bertz CT molecular complexity index is 648. The van der Waals surface area contributed by atoms with Crippen molar-refractivity contribution in [3.05, 3.63) is 42.2 Å². The molecule has 1 unspecified atom stereocenters. The average molecular weight is 313 g/mol. The number of hydrogen-bond acceptors (Lipinski definition) is 5. The summed E-state index contributed by atoms with van der Waals surface area (Å²) in [6, 6.07) is 0. The molecule has 1 spiro atoms. The summed E-state index contributed by atoms with van der Waals surface area (Å²) in [6.45, 7) is 3.97. The van der Waals surface area contributed by atoms with E-state index in [1.807, 2.05) is 30.3 Å². The predicted octanol–water partition coefficient (Wildman–Crippen LogP) is 1.75. The van der Waals surface area contributed by atoms with Gasteiger partial charge in [-0.2, -0.15) is 5.10 Å². The lowest BCUT2D eigenvalue weighted by Gasteiger charge is -2.38. The van der Waals surface area contributed by atoms with Crippen molar-refractivity contribution in [2.24, 2.45) is 7.05 Å². The number of aromatic nitrogens is 4. The molecule has 4 heterocycles. The summed E-state index contributed by atoms with van der Waals surface area (Å²) in [5.74, 6) is 0.445. The first-order chi connectivity index (χ1) is 11.2. The van der Waals surface area contributed by atoms with Crippen LogP contribution in [0.4, 0.5) is 0 Å². The van der Waals surface area contributed by atoms with Crippen LogP contribution >= 0.6 is 0 Å². The van der Waals surface area contributed by atoms with Crippen molar-refractivity contribution < 1.29 is 4.74 Å². The fraction of sp³-hybridized carbons (Fsp3) is 0.588. The van der Waals surface area contributed by atoms with Crippen LogP contribution in [0.15, 0.2) is 31.1 Å². The van der Waals surface area contributed by atoms with Gasteiger partial charge in [-0.3, -0.25) is 9.58 Å². The van der Waals surface area contributed by atoms with Gasteiger partial charge in [-0.05, 0) is 24.8 Å². The first-order valence-electron chi connectivity index (χ1n) is 8.31. The highest BCUT2D eigenvalue weighted by molar-refractivity contribution is 5.15. The van der Waals surface area contributed by atoms with E-state index in [4.69, 9.17) is 4.74 Å². The number of likely N-dealkylation sites (tertiary alicyclic amines) is 1. The van der Waals surface area contributed by atoms with Crippen molar-refractivity contribution in [3.63, 3.8) is 0 Å². The Morgan fingerprint density at radius 3 is 2.70 bits per heavy atom. The lowest BCUT2D eigenvalue weighted by molar-refractivity contribution is -0.0448. The molecule has 122 valence electrons. The SMILES string of the molecule is Cn1cc(CN2CCC3(CC2)CC(c2cncnc2)CO3)cn1. The highest BCUT2D eigenvalue weighted by Crippen LogP contribution is 2.42. The van der Waals surface area contributed by atoms with Crippen molar-refractivity contribution in [1.82, 2.24) is 24.6 Å². The number of piperidine rings is 1. The summed E-state index contributed by atoms with van der Waals surface area (Å²) in [7, 11) is 1.97. The normalized spacial score (nSPS) is 24.3. The van der Waals surface area contributed by atoms with E-state index in [0.29, 0.717) is 5.92 Å². The van der Waals surface area contributed by atoms with E-state index in [1.165, 1.54) is 11.1 Å². The van der Waals surface area contributed by atoms with E-state index in [9.17, 15) is 0 Å². The van der Waals surface area contributed by atoms with Crippen LogP contribution in [0.3, 0.4) is 0 Å². The molecule has 0 bridgehead atoms. The van der Waals surface area contributed by atoms with Gasteiger partial charge < -0.3 is 4.74 Å². The summed E-state index contributed by atoms with van der Waals surface area (Å²) in [4.78, 5) is 10.8. The molecule has 0 radical (unpaired) electrons. The Morgan fingerprint density at radius 2 is 2.00 bits per heavy atom. The highest BCUT2D eigenvalue weighted by atomic mass is 16.5. The minimum atomic E-state index is 0.0615. The molecule has 6 nitrogen and oxygen atoms in total. The Hall–Kier alpha value is -1.79. The minimum absolute atomic E-state index is 0.0615. The molecule has 2 aliphatic rings. The van der Waals surface area contributed by atoms with Gasteiger partial charge >= 0.3 is 0 Å². The Morgan fingerprint density at radius 1 is 1.22 bits per heavy atom. The second-order valence-corrected chi connectivity index (χ2v) is 6.87. The maximum atomic E-state index is 6.25. The van der Waals surface area contributed by atoms with Crippen LogP contribution in [-0.2, 0) is 18.3 Å². The van der Waals surface area contributed by atoms with E-state index >= 15 is 0 Å². The van der Waals surface area contributed by atoms with Gasteiger partial charge in [0.1, 0.15) is 6.33 Å². The smallest absolute Gasteiger partial charge is 0.115 e. The first kappa shape index (κ1) is 14.8. The van der Waals surface area contributed by atoms with Crippen LogP contribution in [0.1, 0.15) is 36.3 Å². The summed E-state index contributed by atoms with van der Waals surface area (Å²) >= 11 is 0. The minimum Gasteiger partial charge on any atom is -0.374 e. The molecule has 0 amide bonds. The third-order valence-electron chi connectivity index (χ3n) is 5.19. The van der Waals surface area contributed by atoms with Gasteiger partial charge in [0.15, 0.2) is 0 Å². The number of rotatable bonds is 3. The van der Waals surface area contributed by atoms with Crippen molar-refractivity contribution in [1.29, 1.82) is 0 Å². The average Bonchev–Trinajstić information content (AvgIpc) is 3.18. The maximum absolute atomic E-state index is 6.25. The number of aryl methyl sites for hydroxylation is 1. The van der Waals surface area contributed by atoms with Crippen molar-refractivity contribution in [2.45, 2.75) is 37.3 Å². The second kappa shape index (κ2) is 6.02. The quantitative estimate of drug-likeness (QED) is 0.864. The molecular weight excluding hydrogens is 290 g/mol. The van der Waals surface area contributed by atoms with Crippen LogP contribution < -0.4 is 0 Å². The highest BCUT2D eigenvalue weighted by Gasteiger charge is 2.43. The molecule has 6 heteroatoms. The molecule has 2 aliphatic heterocycles. The van der Waals surface area contributed by atoms with Gasteiger partial charge in [0.05, 0.1) is 18.4 Å². The zero-order valence-electron chi connectivity index (χ0n) is 13.6. The fourth-order valence-corrected chi connectivity index (χ4v) is 3.86. The molecule has 2 saturated heterocycles. The molecule has 0 aromatic carbocycles. The van der Waals surface area contributed by atoms with Crippen molar-refractivity contribution in [2.75, 3.05) is 19.7 Å². The van der Waals surface area contributed by atoms with E-state index < -0.39 is 0 Å². The molecule has 0 saturated carbocycles. The van der Waals surface area contributed by atoms with Crippen molar-refractivity contribution in [3.8, 4) is 0 Å². The van der Waals surface area contributed by atoms with Gasteiger partial charge in [0.25, 0.3) is 0 Å². The molecule has 2 aromatic heterocycles. The summed E-state index contributed by atoms with van der Waals surface area (Å²) in [5.41, 5.74) is 2.56. The second-order valence-electron chi connectivity index (χ2n) is 6.87. The first-order valence-corrected chi connectivity index (χ1v) is 8.31. The summed E-state index contributed by atoms with van der Waals surface area (Å²) in [6.07, 6.45) is 12.8. The standard InChI is InChI=1S/C17H23N5O/c1-21-10-14(7-20-21)11-22-4-2-17(3-5-22)6-15(12-23-17)16-8-18-13-19-9-16/h7-10,13,15H,2-6,11-12H2,1H3. The van der Waals surface area contributed by atoms with Crippen molar-refractivity contribution >= 4 is 0 Å². The van der Waals surface area contributed by atoms with Crippen LogP contribution in [0, 0.1) is 0 Å². The maximum Gasteiger partial charge on any atom is 0.115 e. The topological polar surface area (TPSA) is 56.1 Å². The fourth-order valence-electron chi connectivity index (χ4n) is 3.86.